The molecule has 0 amide bonds. The van der Waals surface area contributed by atoms with Crippen LogP contribution in [0.1, 0.15) is 56.1 Å². The van der Waals surface area contributed by atoms with Crippen molar-refractivity contribution in [2.24, 2.45) is 4.99 Å². The lowest BCUT2D eigenvalue weighted by Gasteiger charge is -2.15. The first-order valence-corrected chi connectivity index (χ1v) is 10.2. The van der Waals surface area contributed by atoms with Gasteiger partial charge in [0.15, 0.2) is 5.96 Å². The van der Waals surface area contributed by atoms with Crippen LogP contribution in [0.2, 0.25) is 0 Å². The van der Waals surface area contributed by atoms with Crippen molar-refractivity contribution < 1.29 is 0 Å². The van der Waals surface area contributed by atoms with Crippen LogP contribution in [0.4, 0.5) is 0 Å². The van der Waals surface area contributed by atoms with Gasteiger partial charge in [-0.05, 0) is 18.4 Å². The fourth-order valence-corrected chi connectivity index (χ4v) is 3.87. The lowest BCUT2D eigenvalue weighted by Crippen LogP contribution is -2.39. The number of thiazole rings is 1. The highest BCUT2D eigenvalue weighted by atomic mass is 32.1. The van der Waals surface area contributed by atoms with Crippen LogP contribution in [-0.4, -0.2) is 24.0 Å². The Morgan fingerprint density at radius 3 is 2.67 bits per heavy atom. The molecule has 1 unspecified atom stereocenters. The highest BCUT2D eigenvalue weighted by Crippen LogP contribution is 2.24. The third-order valence-electron chi connectivity index (χ3n) is 3.64. The van der Waals surface area contributed by atoms with Crippen molar-refractivity contribution in [1.82, 2.24) is 15.6 Å². The summed E-state index contributed by atoms with van der Waals surface area (Å²) in [6.45, 7) is 13.2. The Morgan fingerprint density at radius 1 is 1.29 bits per heavy atom. The monoisotopic (exact) mass is 364 g/mol. The predicted molar refractivity (Wildman–Crippen MR) is 106 cm³/mol. The average molecular weight is 365 g/mol. The quantitative estimate of drug-likeness (QED) is 0.591. The molecule has 0 saturated heterocycles. The summed E-state index contributed by atoms with van der Waals surface area (Å²) in [5, 5.41) is 12.1. The van der Waals surface area contributed by atoms with Crippen molar-refractivity contribution in [3.8, 4) is 0 Å². The van der Waals surface area contributed by atoms with Gasteiger partial charge in [-0.15, -0.1) is 22.7 Å². The summed E-state index contributed by atoms with van der Waals surface area (Å²) >= 11 is 3.49. The smallest absolute Gasteiger partial charge is 0.191 e. The maximum Gasteiger partial charge on any atom is 0.191 e. The SMILES string of the molecule is CCNC(=NCc1nc(C(C)(C)C)cs1)NCC(C)c1cccs1. The molecule has 0 saturated carbocycles. The third-order valence-corrected chi connectivity index (χ3v) is 5.58. The van der Waals surface area contributed by atoms with Gasteiger partial charge in [-0.1, -0.05) is 33.8 Å². The fourth-order valence-electron chi connectivity index (χ4n) is 2.14. The van der Waals surface area contributed by atoms with E-state index in [9.17, 15) is 0 Å². The maximum atomic E-state index is 4.71. The van der Waals surface area contributed by atoms with E-state index < -0.39 is 0 Å². The van der Waals surface area contributed by atoms with E-state index in [0.29, 0.717) is 12.5 Å². The zero-order chi connectivity index (χ0) is 17.6. The second-order valence-electron chi connectivity index (χ2n) is 6.87. The largest absolute Gasteiger partial charge is 0.357 e. The topological polar surface area (TPSA) is 49.3 Å². The van der Waals surface area contributed by atoms with Crippen molar-refractivity contribution in [2.45, 2.75) is 52.5 Å². The van der Waals surface area contributed by atoms with Crippen LogP contribution in [0, 0.1) is 0 Å². The van der Waals surface area contributed by atoms with Crippen molar-refractivity contribution in [3.63, 3.8) is 0 Å². The number of nitrogens with one attached hydrogen (secondary N) is 2. The van der Waals surface area contributed by atoms with Gasteiger partial charge < -0.3 is 10.6 Å². The Morgan fingerprint density at radius 2 is 2.08 bits per heavy atom. The molecule has 2 rings (SSSR count). The van der Waals surface area contributed by atoms with E-state index in [1.165, 1.54) is 4.88 Å². The summed E-state index contributed by atoms with van der Waals surface area (Å²) < 4.78 is 0. The summed E-state index contributed by atoms with van der Waals surface area (Å²) in [5.41, 5.74) is 1.24. The number of hydrogen-bond donors (Lipinski definition) is 2. The Labute approximate surface area is 153 Å². The van der Waals surface area contributed by atoms with E-state index in [0.717, 1.165) is 29.8 Å². The number of guanidine groups is 1. The molecule has 6 heteroatoms. The first-order valence-electron chi connectivity index (χ1n) is 8.40. The average Bonchev–Trinajstić information content (AvgIpc) is 3.20. The normalized spacial score (nSPS) is 13.8. The van der Waals surface area contributed by atoms with Crippen LogP contribution in [-0.2, 0) is 12.0 Å². The van der Waals surface area contributed by atoms with Gasteiger partial charge in [0.2, 0.25) is 0 Å². The molecule has 24 heavy (non-hydrogen) atoms. The van der Waals surface area contributed by atoms with Gasteiger partial charge in [-0.2, -0.15) is 0 Å². The number of aromatic nitrogens is 1. The molecular weight excluding hydrogens is 336 g/mol. The summed E-state index contributed by atoms with van der Waals surface area (Å²) in [4.78, 5) is 10.8. The van der Waals surface area contributed by atoms with Gasteiger partial charge in [0.25, 0.3) is 0 Å². The molecule has 2 heterocycles. The predicted octanol–water partition coefficient (Wildman–Crippen LogP) is 4.36. The van der Waals surface area contributed by atoms with Crippen LogP contribution in [0.5, 0.6) is 0 Å². The lowest BCUT2D eigenvalue weighted by molar-refractivity contribution is 0.571. The molecule has 0 bridgehead atoms. The molecule has 0 aliphatic rings. The minimum absolute atomic E-state index is 0.0946. The maximum absolute atomic E-state index is 4.71. The van der Waals surface area contributed by atoms with Gasteiger partial charge >= 0.3 is 0 Å². The Bertz CT molecular complexity index is 638. The molecule has 2 N–H and O–H groups in total. The fraction of sp³-hybridized carbons (Fsp3) is 0.556. The second kappa shape index (κ2) is 8.62. The van der Waals surface area contributed by atoms with E-state index in [2.05, 4.69) is 73.1 Å². The Balaban J connectivity index is 1.94. The van der Waals surface area contributed by atoms with Crippen LogP contribution >= 0.6 is 22.7 Å². The highest BCUT2D eigenvalue weighted by molar-refractivity contribution is 7.10. The van der Waals surface area contributed by atoms with E-state index in [4.69, 9.17) is 4.98 Å². The molecule has 0 fully saturated rings. The van der Waals surface area contributed by atoms with Gasteiger partial charge in [0, 0.05) is 34.7 Å². The molecule has 132 valence electrons. The first-order chi connectivity index (χ1) is 11.4. The summed E-state index contributed by atoms with van der Waals surface area (Å²) in [6, 6.07) is 4.29. The van der Waals surface area contributed by atoms with Crippen molar-refractivity contribution in [3.05, 3.63) is 38.5 Å². The lowest BCUT2D eigenvalue weighted by atomic mass is 9.93. The number of thiophene rings is 1. The number of aliphatic imine (C=N–C) groups is 1. The minimum Gasteiger partial charge on any atom is -0.357 e. The van der Waals surface area contributed by atoms with Crippen LogP contribution in [0.25, 0.3) is 0 Å². The van der Waals surface area contributed by atoms with E-state index in [1.54, 1.807) is 22.7 Å². The third kappa shape index (κ3) is 5.60. The van der Waals surface area contributed by atoms with Crippen LogP contribution in [0.3, 0.4) is 0 Å². The van der Waals surface area contributed by atoms with Gasteiger partial charge in [0.1, 0.15) is 5.01 Å². The molecule has 1 atom stereocenters. The van der Waals surface area contributed by atoms with Crippen LogP contribution < -0.4 is 10.6 Å². The van der Waals surface area contributed by atoms with Crippen molar-refractivity contribution in [1.29, 1.82) is 0 Å². The molecule has 0 aliphatic heterocycles. The summed E-state index contributed by atoms with van der Waals surface area (Å²) in [6.07, 6.45) is 0. The van der Waals surface area contributed by atoms with E-state index >= 15 is 0 Å². The van der Waals surface area contributed by atoms with Gasteiger partial charge in [-0.25, -0.2) is 9.98 Å². The van der Waals surface area contributed by atoms with E-state index in [-0.39, 0.29) is 5.41 Å². The number of rotatable bonds is 6. The first kappa shape index (κ1) is 18.9. The molecule has 2 aromatic rings. The van der Waals surface area contributed by atoms with Crippen molar-refractivity contribution >= 4 is 28.6 Å². The zero-order valence-corrected chi connectivity index (χ0v) is 16.9. The highest BCUT2D eigenvalue weighted by Gasteiger charge is 2.17. The molecule has 0 radical (unpaired) electrons. The molecule has 0 aromatic carbocycles. The number of nitrogens with zero attached hydrogens (tertiary/aromatic N) is 2. The molecule has 0 aliphatic carbocycles. The number of hydrogen-bond acceptors (Lipinski definition) is 4. The standard InChI is InChI=1S/C18H28N4S2/c1-6-19-17(20-10-13(2)14-8-7-9-23-14)21-11-16-22-15(12-24-16)18(3,4)5/h7-9,12-13H,6,10-11H2,1-5H3,(H2,19,20,21). The van der Waals surface area contributed by atoms with Gasteiger partial charge in [-0.3, -0.25) is 0 Å². The van der Waals surface area contributed by atoms with Crippen molar-refractivity contribution in [2.75, 3.05) is 13.1 Å². The van der Waals surface area contributed by atoms with Gasteiger partial charge in [0.05, 0.1) is 12.2 Å². The summed E-state index contributed by atoms with van der Waals surface area (Å²) in [5.74, 6) is 1.33. The second-order valence-corrected chi connectivity index (χ2v) is 8.79. The molecule has 4 nitrogen and oxygen atoms in total. The van der Waals surface area contributed by atoms with Crippen LogP contribution in [0.15, 0.2) is 27.9 Å². The summed E-state index contributed by atoms with van der Waals surface area (Å²) in [7, 11) is 0. The molecule has 2 aromatic heterocycles. The zero-order valence-electron chi connectivity index (χ0n) is 15.2. The Kier molecular flexibility index (Phi) is 6.80. The minimum atomic E-state index is 0.0946. The Hall–Kier alpha value is -1.40. The van der Waals surface area contributed by atoms with E-state index in [1.807, 2.05) is 0 Å². The molecular formula is C18H28N4S2. The molecule has 0 spiro atoms.